The van der Waals surface area contributed by atoms with Crippen molar-refractivity contribution in [2.24, 2.45) is 0 Å². The molecule has 5 amide bonds. The molecule has 37 heavy (non-hydrogen) atoms. The summed E-state index contributed by atoms with van der Waals surface area (Å²) in [7, 11) is 3.82. The quantitative estimate of drug-likeness (QED) is 0.419. The Balaban J connectivity index is 2.00. The minimum atomic E-state index is -1.13. The van der Waals surface area contributed by atoms with Crippen molar-refractivity contribution in [2.45, 2.75) is 6.92 Å². The molecule has 3 rings (SSSR count). The number of pyridine rings is 1. The van der Waals surface area contributed by atoms with E-state index in [-0.39, 0.29) is 32.8 Å². The molecular formula is C22H20BrCl2N7O5. The number of aryl methyl sites for hydroxylation is 1. The van der Waals surface area contributed by atoms with E-state index in [2.05, 4.69) is 41.5 Å². The standard InChI is InChI=1S/C22H20BrCl2N7O5/c1-11-8-12(24)9-13(19(33)29-32(22(36)37-4)21(35)30(2)3)17(11)27-20(34)15-10-16(23)28-31(15)18-14(25)6-5-7-26-18/h5-10H,1-4H3,(H,27,34)(H,29,33). The summed E-state index contributed by atoms with van der Waals surface area (Å²) in [6.07, 6.45) is 0.365. The van der Waals surface area contributed by atoms with E-state index in [9.17, 15) is 19.2 Å². The van der Waals surface area contributed by atoms with Gasteiger partial charge < -0.3 is 15.0 Å². The van der Waals surface area contributed by atoms with Crippen LogP contribution in [0.5, 0.6) is 0 Å². The van der Waals surface area contributed by atoms with Gasteiger partial charge in [0.25, 0.3) is 11.8 Å². The van der Waals surface area contributed by atoms with Crippen LogP contribution in [0.3, 0.4) is 0 Å². The van der Waals surface area contributed by atoms with Gasteiger partial charge in [-0.05, 0) is 52.7 Å². The number of ether oxygens (including phenoxy) is 1. The van der Waals surface area contributed by atoms with Crippen LogP contribution < -0.4 is 10.7 Å². The maximum atomic E-state index is 13.3. The zero-order chi connectivity index (χ0) is 27.4. The van der Waals surface area contributed by atoms with E-state index in [1.165, 1.54) is 43.2 Å². The van der Waals surface area contributed by atoms with Crippen molar-refractivity contribution in [1.82, 2.24) is 30.1 Å². The van der Waals surface area contributed by atoms with Crippen molar-refractivity contribution in [3.05, 3.63) is 68.0 Å². The molecular weight excluding hydrogens is 593 g/mol. The number of imide groups is 1. The molecule has 0 aliphatic heterocycles. The predicted molar refractivity (Wildman–Crippen MR) is 139 cm³/mol. The maximum Gasteiger partial charge on any atom is 0.437 e. The Morgan fingerprint density at radius 1 is 1.11 bits per heavy atom. The van der Waals surface area contributed by atoms with Gasteiger partial charge in [-0.2, -0.15) is 5.10 Å². The van der Waals surface area contributed by atoms with Crippen molar-refractivity contribution < 1.29 is 23.9 Å². The first-order chi connectivity index (χ1) is 17.4. The lowest BCUT2D eigenvalue weighted by Crippen LogP contribution is -2.53. The van der Waals surface area contributed by atoms with E-state index in [1.54, 1.807) is 19.1 Å². The highest BCUT2D eigenvalue weighted by atomic mass is 79.9. The molecule has 0 atom stereocenters. The van der Waals surface area contributed by atoms with Crippen LogP contribution in [0, 0.1) is 6.92 Å². The highest BCUT2D eigenvalue weighted by molar-refractivity contribution is 9.10. The average molecular weight is 613 g/mol. The molecule has 2 N–H and O–H groups in total. The molecule has 0 aliphatic carbocycles. The summed E-state index contributed by atoms with van der Waals surface area (Å²) in [5, 5.41) is 7.72. The third-order valence-corrected chi connectivity index (χ3v) is 5.68. The van der Waals surface area contributed by atoms with Gasteiger partial charge in [0.15, 0.2) is 5.82 Å². The van der Waals surface area contributed by atoms with Crippen molar-refractivity contribution in [3.63, 3.8) is 0 Å². The van der Waals surface area contributed by atoms with Gasteiger partial charge in [-0.3, -0.25) is 9.59 Å². The summed E-state index contributed by atoms with van der Waals surface area (Å²) in [5.74, 6) is -1.36. The summed E-state index contributed by atoms with van der Waals surface area (Å²) < 4.78 is 6.16. The average Bonchev–Trinajstić information content (AvgIpc) is 3.24. The fourth-order valence-corrected chi connectivity index (χ4v) is 3.95. The van der Waals surface area contributed by atoms with Crippen LogP contribution in [-0.2, 0) is 4.74 Å². The topological polar surface area (TPSA) is 139 Å². The van der Waals surface area contributed by atoms with Crippen LogP contribution >= 0.6 is 39.1 Å². The highest BCUT2D eigenvalue weighted by Crippen LogP contribution is 2.28. The molecule has 0 radical (unpaired) electrons. The van der Waals surface area contributed by atoms with Crippen molar-refractivity contribution >= 4 is 68.8 Å². The minimum absolute atomic E-state index is 0.0483. The molecule has 0 aliphatic rings. The zero-order valence-corrected chi connectivity index (χ0v) is 23.0. The lowest BCUT2D eigenvalue weighted by molar-refractivity contribution is 0.0735. The fourth-order valence-electron chi connectivity index (χ4n) is 3.10. The Labute approximate surface area is 229 Å². The maximum absolute atomic E-state index is 13.3. The Morgan fingerprint density at radius 3 is 2.43 bits per heavy atom. The predicted octanol–water partition coefficient (Wildman–Crippen LogP) is 4.29. The number of nitrogens with zero attached hydrogens (tertiary/aromatic N) is 5. The van der Waals surface area contributed by atoms with Crippen LogP contribution in [0.2, 0.25) is 10.0 Å². The van der Waals surface area contributed by atoms with Gasteiger partial charge in [0.05, 0.1) is 23.4 Å². The molecule has 15 heteroatoms. The number of rotatable bonds is 4. The van der Waals surface area contributed by atoms with Gasteiger partial charge >= 0.3 is 12.1 Å². The lowest BCUT2D eigenvalue weighted by Gasteiger charge is -2.24. The smallest absolute Gasteiger partial charge is 0.437 e. The number of amides is 5. The number of anilines is 1. The molecule has 0 unspecified atom stereocenters. The first kappa shape index (κ1) is 27.9. The summed E-state index contributed by atoms with van der Waals surface area (Å²) in [6.45, 7) is 1.62. The number of carbonyl (C=O) groups excluding carboxylic acids is 4. The lowest BCUT2D eigenvalue weighted by atomic mass is 10.1. The number of carbonyl (C=O) groups is 4. The van der Waals surface area contributed by atoms with E-state index >= 15 is 0 Å². The van der Waals surface area contributed by atoms with Gasteiger partial charge in [0, 0.05) is 31.4 Å². The van der Waals surface area contributed by atoms with Crippen molar-refractivity contribution in [1.29, 1.82) is 0 Å². The Hall–Kier alpha value is -3.68. The number of hydrogen-bond donors (Lipinski definition) is 2. The van der Waals surface area contributed by atoms with Crippen molar-refractivity contribution in [3.8, 4) is 5.82 Å². The molecule has 12 nitrogen and oxygen atoms in total. The van der Waals surface area contributed by atoms with Gasteiger partial charge in [0.2, 0.25) is 0 Å². The van der Waals surface area contributed by atoms with Crippen LogP contribution in [0.1, 0.15) is 26.4 Å². The molecule has 194 valence electrons. The Morgan fingerprint density at radius 2 is 1.81 bits per heavy atom. The first-order valence-electron chi connectivity index (χ1n) is 10.3. The van der Waals surface area contributed by atoms with Crippen LogP contribution in [0.15, 0.2) is 41.1 Å². The van der Waals surface area contributed by atoms with E-state index in [1.807, 2.05) is 0 Å². The van der Waals surface area contributed by atoms with E-state index < -0.39 is 23.9 Å². The van der Waals surface area contributed by atoms with E-state index in [4.69, 9.17) is 23.2 Å². The molecule has 0 saturated carbocycles. The third kappa shape index (κ3) is 6.18. The molecule has 1 aromatic carbocycles. The number of nitrogens with one attached hydrogen (secondary N) is 2. The summed E-state index contributed by atoms with van der Waals surface area (Å²) in [4.78, 5) is 56.3. The van der Waals surface area contributed by atoms with Gasteiger partial charge in [0.1, 0.15) is 10.3 Å². The molecule has 0 saturated heterocycles. The summed E-state index contributed by atoms with van der Waals surface area (Å²) >= 11 is 15.6. The molecule has 2 heterocycles. The number of hydrogen-bond acceptors (Lipinski definition) is 7. The molecule has 0 spiro atoms. The fraction of sp³-hybridized carbons (Fsp3) is 0.182. The van der Waals surface area contributed by atoms with Gasteiger partial charge in [-0.1, -0.05) is 23.2 Å². The second kappa shape index (κ2) is 11.6. The Bertz CT molecular complexity index is 1400. The van der Waals surface area contributed by atoms with Crippen LogP contribution in [0.4, 0.5) is 15.3 Å². The van der Waals surface area contributed by atoms with Gasteiger partial charge in [-0.15, -0.1) is 5.01 Å². The second-order valence-electron chi connectivity index (χ2n) is 7.60. The molecule has 0 fully saturated rings. The molecule has 2 aromatic heterocycles. The van der Waals surface area contributed by atoms with Crippen LogP contribution in [0.25, 0.3) is 5.82 Å². The zero-order valence-electron chi connectivity index (χ0n) is 19.9. The molecule has 3 aromatic rings. The summed E-state index contributed by atoms with van der Waals surface area (Å²) in [5.41, 5.74) is 2.61. The third-order valence-electron chi connectivity index (χ3n) is 4.78. The number of methoxy groups -OCH3 is 1. The van der Waals surface area contributed by atoms with Crippen LogP contribution in [-0.4, -0.2) is 69.8 Å². The molecule has 0 bridgehead atoms. The first-order valence-corrected chi connectivity index (χ1v) is 11.9. The van der Waals surface area contributed by atoms with Gasteiger partial charge in [-0.25, -0.2) is 24.7 Å². The van der Waals surface area contributed by atoms with Crippen molar-refractivity contribution in [2.75, 3.05) is 26.5 Å². The normalized spacial score (nSPS) is 10.5. The Kier molecular flexibility index (Phi) is 8.73. The monoisotopic (exact) mass is 611 g/mol. The van der Waals surface area contributed by atoms with E-state index in [0.29, 0.717) is 15.2 Å². The summed E-state index contributed by atoms with van der Waals surface area (Å²) in [6, 6.07) is 6.60. The number of aromatic nitrogens is 3. The largest absolute Gasteiger partial charge is 0.451 e. The number of hydrazine groups is 1. The van der Waals surface area contributed by atoms with E-state index in [0.717, 1.165) is 12.0 Å². The SMILES string of the molecule is COC(=O)N(NC(=O)c1cc(Cl)cc(C)c1NC(=O)c1cc(Br)nn1-c1ncccc1Cl)C(=O)N(C)C. The highest BCUT2D eigenvalue weighted by Gasteiger charge is 2.29. The number of urea groups is 1. The number of halogens is 3. The minimum Gasteiger partial charge on any atom is -0.451 e. The number of benzene rings is 1. The second-order valence-corrected chi connectivity index (χ2v) is 9.25.